The normalized spacial score (nSPS) is 18.7. The molecular formula is C8H6N2OS. The molecule has 1 aliphatic rings. The molecule has 1 N–H and O–H groups in total. The highest BCUT2D eigenvalue weighted by molar-refractivity contribution is 7.10. The van der Waals surface area contributed by atoms with E-state index in [1.165, 1.54) is 6.21 Å². The van der Waals surface area contributed by atoms with Crippen LogP contribution < -0.4 is 5.43 Å². The SMILES string of the molecule is O=C1NN=CC1=Cc1cccs1. The second kappa shape index (κ2) is 2.91. The van der Waals surface area contributed by atoms with Crippen molar-refractivity contribution in [2.45, 2.75) is 0 Å². The summed E-state index contributed by atoms with van der Waals surface area (Å²) >= 11 is 1.59. The summed E-state index contributed by atoms with van der Waals surface area (Å²) in [5.41, 5.74) is 2.96. The van der Waals surface area contributed by atoms with Gasteiger partial charge < -0.3 is 0 Å². The lowest BCUT2D eigenvalue weighted by atomic mass is 10.2. The van der Waals surface area contributed by atoms with E-state index in [9.17, 15) is 4.79 Å². The predicted molar refractivity (Wildman–Crippen MR) is 48.9 cm³/mol. The Morgan fingerprint density at radius 1 is 1.58 bits per heavy atom. The van der Waals surface area contributed by atoms with Crippen molar-refractivity contribution in [1.29, 1.82) is 0 Å². The number of rotatable bonds is 1. The van der Waals surface area contributed by atoms with Crippen molar-refractivity contribution in [3.05, 3.63) is 28.0 Å². The van der Waals surface area contributed by atoms with Crippen LogP contribution in [-0.2, 0) is 4.79 Å². The Morgan fingerprint density at radius 2 is 2.50 bits per heavy atom. The van der Waals surface area contributed by atoms with Crippen LogP contribution in [0.1, 0.15) is 4.88 Å². The zero-order valence-corrected chi connectivity index (χ0v) is 6.97. The minimum atomic E-state index is -0.136. The largest absolute Gasteiger partial charge is 0.273 e. The van der Waals surface area contributed by atoms with Crippen LogP contribution in [0.15, 0.2) is 28.2 Å². The topological polar surface area (TPSA) is 41.5 Å². The number of carbonyl (C=O) groups is 1. The standard InChI is InChI=1S/C8H6N2OS/c11-8-6(5-9-10-8)4-7-2-1-3-12-7/h1-5H,(H,10,11). The molecule has 0 aliphatic carbocycles. The molecule has 1 aromatic rings. The molecule has 0 atom stereocenters. The van der Waals surface area contributed by atoms with Crippen LogP contribution in [-0.4, -0.2) is 12.1 Å². The summed E-state index contributed by atoms with van der Waals surface area (Å²) in [4.78, 5) is 12.1. The Kier molecular flexibility index (Phi) is 1.75. The average Bonchev–Trinajstić information content (AvgIpc) is 2.65. The van der Waals surface area contributed by atoms with Crippen molar-refractivity contribution >= 4 is 29.5 Å². The van der Waals surface area contributed by atoms with Gasteiger partial charge in [0.15, 0.2) is 0 Å². The molecule has 0 saturated carbocycles. The predicted octanol–water partition coefficient (Wildman–Crippen LogP) is 1.25. The van der Waals surface area contributed by atoms with E-state index in [-0.39, 0.29) is 5.91 Å². The Morgan fingerprint density at radius 3 is 3.08 bits per heavy atom. The van der Waals surface area contributed by atoms with Gasteiger partial charge in [-0.05, 0) is 17.5 Å². The van der Waals surface area contributed by atoms with Crippen LogP contribution in [0.2, 0.25) is 0 Å². The first kappa shape index (κ1) is 7.24. The quantitative estimate of drug-likeness (QED) is 0.646. The van der Waals surface area contributed by atoms with E-state index >= 15 is 0 Å². The van der Waals surface area contributed by atoms with Gasteiger partial charge in [-0.3, -0.25) is 4.79 Å². The van der Waals surface area contributed by atoms with Gasteiger partial charge >= 0.3 is 0 Å². The number of hydrazone groups is 1. The number of thiophene rings is 1. The van der Waals surface area contributed by atoms with Crippen LogP contribution in [0, 0.1) is 0 Å². The smallest absolute Gasteiger partial charge is 0.267 e. The molecule has 2 heterocycles. The van der Waals surface area contributed by atoms with Crippen molar-refractivity contribution in [2.75, 3.05) is 0 Å². The van der Waals surface area contributed by atoms with E-state index in [1.54, 1.807) is 11.3 Å². The first-order valence-electron chi connectivity index (χ1n) is 3.45. The van der Waals surface area contributed by atoms with Crippen LogP contribution in [0.5, 0.6) is 0 Å². The fourth-order valence-electron chi connectivity index (χ4n) is 0.913. The van der Waals surface area contributed by atoms with E-state index in [2.05, 4.69) is 10.5 Å². The molecule has 0 fully saturated rings. The maximum Gasteiger partial charge on any atom is 0.273 e. The first-order valence-corrected chi connectivity index (χ1v) is 4.33. The fraction of sp³-hybridized carbons (Fsp3) is 0. The minimum absolute atomic E-state index is 0.136. The van der Waals surface area contributed by atoms with Crippen LogP contribution >= 0.6 is 11.3 Å². The summed E-state index contributed by atoms with van der Waals surface area (Å²) in [6.07, 6.45) is 3.35. The van der Waals surface area contributed by atoms with E-state index in [4.69, 9.17) is 0 Å². The number of hydrogen-bond acceptors (Lipinski definition) is 3. The number of amides is 1. The van der Waals surface area contributed by atoms with Gasteiger partial charge in [0.25, 0.3) is 5.91 Å². The molecular weight excluding hydrogens is 172 g/mol. The maximum atomic E-state index is 11.0. The Hall–Kier alpha value is -1.42. The third-order valence-corrected chi connectivity index (χ3v) is 2.29. The van der Waals surface area contributed by atoms with E-state index < -0.39 is 0 Å². The number of hydrogen-bond donors (Lipinski definition) is 1. The number of carbonyl (C=O) groups excluding carboxylic acids is 1. The van der Waals surface area contributed by atoms with E-state index in [0.29, 0.717) is 5.57 Å². The molecule has 0 bridgehead atoms. The highest BCUT2D eigenvalue weighted by atomic mass is 32.1. The van der Waals surface area contributed by atoms with E-state index in [0.717, 1.165) is 4.88 Å². The Balaban J connectivity index is 2.29. The minimum Gasteiger partial charge on any atom is -0.267 e. The van der Waals surface area contributed by atoms with Crippen molar-refractivity contribution in [3.8, 4) is 0 Å². The molecule has 1 aliphatic heterocycles. The zero-order chi connectivity index (χ0) is 8.39. The Labute approximate surface area is 73.4 Å². The second-order valence-corrected chi connectivity index (χ2v) is 3.29. The molecule has 0 aromatic carbocycles. The van der Waals surface area contributed by atoms with Gasteiger partial charge in [0.1, 0.15) is 0 Å². The van der Waals surface area contributed by atoms with Gasteiger partial charge in [-0.1, -0.05) is 6.07 Å². The molecule has 4 heteroatoms. The lowest BCUT2D eigenvalue weighted by molar-refractivity contribution is -0.116. The van der Waals surface area contributed by atoms with Gasteiger partial charge in [-0.25, -0.2) is 5.43 Å². The van der Waals surface area contributed by atoms with Gasteiger partial charge in [0.05, 0.1) is 11.8 Å². The number of nitrogens with zero attached hydrogens (tertiary/aromatic N) is 1. The summed E-state index contributed by atoms with van der Waals surface area (Å²) in [6, 6.07) is 3.90. The molecule has 0 saturated heterocycles. The molecule has 1 amide bonds. The lowest BCUT2D eigenvalue weighted by Crippen LogP contribution is -2.11. The first-order chi connectivity index (χ1) is 5.86. The van der Waals surface area contributed by atoms with Crippen LogP contribution in [0.25, 0.3) is 6.08 Å². The monoisotopic (exact) mass is 178 g/mol. The molecule has 60 valence electrons. The van der Waals surface area contributed by atoms with Gasteiger partial charge in [0, 0.05) is 4.88 Å². The maximum absolute atomic E-state index is 11.0. The molecule has 0 unspecified atom stereocenters. The van der Waals surface area contributed by atoms with Gasteiger partial charge in [-0.15, -0.1) is 11.3 Å². The summed E-state index contributed by atoms with van der Waals surface area (Å²) in [7, 11) is 0. The average molecular weight is 178 g/mol. The molecule has 0 spiro atoms. The van der Waals surface area contributed by atoms with Crippen LogP contribution in [0.3, 0.4) is 0 Å². The van der Waals surface area contributed by atoms with Gasteiger partial charge in [0.2, 0.25) is 0 Å². The molecule has 3 nitrogen and oxygen atoms in total. The highest BCUT2D eigenvalue weighted by Crippen LogP contribution is 2.13. The van der Waals surface area contributed by atoms with Crippen LogP contribution in [0.4, 0.5) is 0 Å². The molecule has 0 radical (unpaired) electrons. The third-order valence-electron chi connectivity index (χ3n) is 1.47. The Bertz CT molecular complexity index is 351. The zero-order valence-electron chi connectivity index (χ0n) is 6.15. The summed E-state index contributed by atoms with van der Waals surface area (Å²) in [6.45, 7) is 0. The van der Waals surface area contributed by atoms with E-state index in [1.807, 2.05) is 23.6 Å². The summed E-state index contributed by atoms with van der Waals surface area (Å²) in [5.74, 6) is -0.136. The lowest BCUT2D eigenvalue weighted by Gasteiger charge is -1.87. The van der Waals surface area contributed by atoms with Gasteiger partial charge in [-0.2, -0.15) is 5.10 Å². The third kappa shape index (κ3) is 1.29. The summed E-state index contributed by atoms with van der Waals surface area (Å²) in [5, 5.41) is 5.61. The van der Waals surface area contributed by atoms with Crippen molar-refractivity contribution < 1.29 is 4.79 Å². The highest BCUT2D eigenvalue weighted by Gasteiger charge is 2.11. The second-order valence-electron chi connectivity index (χ2n) is 2.31. The molecule has 12 heavy (non-hydrogen) atoms. The van der Waals surface area contributed by atoms with Crippen molar-refractivity contribution in [1.82, 2.24) is 5.43 Å². The number of nitrogens with one attached hydrogen (secondary N) is 1. The molecule has 2 rings (SSSR count). The van der Waals surface area contributed by atoms with Crippen molar-refractivity contribution in [3.63, 3.8) is 0 Å². The molecule has 1 aromatic heterocycles. The fourth-order valence-corrected chi connectivity index (χ4v) is 1.58. The van der Waals surface area contributed by atoms with Crippen molar-refractivity contribution in [2.24, 2.45) is 5.10 Å². The summed E-state index contributed by atoms with van der Waals surface area (Å²) < 4.78 is 0.